The molecule has 1 aliphatic rings. The summed E-state index contributed by atoms with van der Waals surface area (Å²) in [6.45, 7) is 4.70. The molecule has 0 aliphatic heterocycles. The van der Waals surface area contributed by atoms with E-state index in [2.05, 4.69) is 11.8 Å². The van der Waals surface area contributed by atoms with E-state index in [1.54, 1.807) is 0 Å². The number of carbonyl (C=O) groups excluding carboxylic acids is 1. The zero-order chi connectivity index (χ0) is 14.3. The van der Waals surface area contributed by atoms with Crippen molar-refractivity contribution < 1.29 is 4.79 Å². The Kier molecular flexibility index (Phi) is 6.80. The van der Waals surface area contributed by atoms with Crippen LogP contribution >= 0.6 is 0 Å². The lowest BCUT2D eigenvalue weighted by Crippen LogP contribution is -2.48. The molecule has 0 unspecified atom stereocenters. The van der Waals surface area contributed by atoms with Crippen LogP contribution in [0, 0.1) is 0 Å². The average molecular weight is 269 g/mol. The third-order valence-corrected chi connectivity index (χ3v) is 4.02. The number of nitrogens with two attached hydrogens (primary N) is 1. The molecule has 1 rings (SSSR count). The minimum Gasteiger partial charge on any atom is -0.341 e. The van der Waals surface area contributed by atoms with Crippen LogP contribution in [0.2, 0.25) is 0 Å². The van der Waals surface area contributed by atoms with Gasteiger partial charge in [0, 0.05) is 31.6 Å². The molecule has 0 heterocycles. The maximum absolute atomic E-state index is 12.4. The molecule has 1 aliphatic carbocycles. The van der Waals surface area contributed by atoms with Crippen LogP contribution in [0.4, 0.5) is 0 Å². The van der Waals surface area contributed by atoms with Crippen molar-refractivity contribution in [2.75, 3.05) is 33.7 Å². The first-order valence-electron chi connectivity index (χ1n) is 7.68. The van der Waals surface area contributed by atoms with Crippen molar-refractivity contribution >= 4 is 5.91 Å². The first kappa shape index (κ1) is 16.4. The number of nitrogens with zero attached hydrogens (tertiary/aromatic N) is 2. The minimum absolute atomic E-state index is 0.237. The predicted octanol–water partition coefficient (Wildman–Crippen LogP) is 1.84. The van der Waals surface area contributed by atoms with Gasteiger partial charge >= 0.3 is 0 Å². The molecule has 2 N–H and O–H groups in total. The van der Waals surface area contributed by atoms with E-state index in [0.717, 1.165) is 38.9 Å². The number of amides is 1. The molecule has 0 aromatic rings. The van der Waals surface area contributed by atoms with E-state index in [1.165, 1.54) is 19.3 Å². The summed E-state index contributed by atoms with van der Waals surface area (Å²) in [7, 11) is 4.08. The fourth-order valence-electron chi connectivity index (χ4n) is 2.80. The highest BCUT2D eigenvalue weighted by atomic mass is 16.2. The molecular weight excluding hydrogens is 238 g/mol. The summed E-state index contributed by atoms with van der Waals surface area (Å²) in [5.74, 6) is 0.244. The van der Waals surface area contributed by atoms with Gasteiger partial charge in [-0.3, -0.25) is 4.79 Å². The molecule has 0 bridgehead atoms. The second-order valence-electron chi connectivity index (χ2n) is 6.28. The third kappa shape index (κ3) is 5.91. The molecule has 19 heavy (non-hydrogen) atoms. The topological polar surface area (TPSA) is 49.6 Å². The predicted molar refractivity (Wildman–Crippen MR) is 80.0 cm³/mol. The Hall–Kier alpha value is -0.610. The van der Waals surface area contributed by atoms with Crippen LogP contribution in [0.3, 0.4) is 0 Å². The van der Waals surface area contributed by atoms with E-state index in [-0.39, 0.29) is 11.4 Å². The molecule has 1 fully saturated rings. The Morgan fingerprint density at radius 1 is 1.11 bits per heavy atom. The van der Waals surface area contributed by atoms with Gasteiger partial charge in [0.05, 0.1) is 0 Å². The Balaban J connectivity index is 2.50. The fraction of sp³-hybridized carbons (Fsp3) is 0.933. The molecule has 4 heteroatoms. The lowest BCUT2D eigenvalue weighted by molar-refractivity contribution is -0.133. The summed E-state index contributed by atoms with van der Waals surface area (Å²) in [4.78, 5) is 16.6. The van der Waals surface area contributed by atoms with Crippen molar-refractivity contribution in [1.82, 2.24) is 9.80 Å². The Labute approximate surface area is 118 Å². The van der Waals surface area contributed by atoms with E-state index in [4.69, 9.17) is 5.73 Å². The maximum atomic E-state index is 12.4. The van der Waals surface area contributed by atoms with Gasteiger partial charge in [-0.15, -0.1) is 0 Å². The summed E-state index contributed by atoms with van der Waals surface area (Å²) in [5.41, 5.74) is 6.16. The van der Waals surface area contributed by atoms with Crippen molar-refractivity contribution in [2.45, 2.75) is 57.4 Å². The SMILES string of the molecule is CCCN(CCN(C)C)C(=O)CC1(N)CCCCC1. The highest BCUT2D eigenvalue weighted by Crippen LogP contribution is 2.29. The second kappa shape index (κ2) is 7.85. The van der Waals surface area contributed by atoms with Gasteiger partial charge in [0.2, 0.25) is 5.91 Å². The van der Waals surface area contributed by atoms with Gasteiger partial charge in [-0.2, -0.15) is 0 Å². The largest absolute Gasteiger partial charge is 0.341 e. The molecule has 0 aromatic heterocycles. The smallest absolute Gasteiger partial charge is 0.224 e. The highest BCUT2D eigenvalue weighted by Gasteiger charge is 2.31. The van der Waals surface area contributed by atoms with Crippen molar-refractivity contribution in [3.05, 3.63) is 0 Å². The van der Waals surface area contributed by atoms with Gasteiger partial charge in [0.15, 0.2) is 0 Å². The van der Waals surface area contributed by atoms with Crippen molar-refractivity contribution in [3.63, 3.8) is 0 Å². The van der Waals surface area contributed by atoms with E-state index < -0.39 is 0 Å². The zero-order valence-electron chi connectivity index (χ0n) is 13.0. The van der Waals surface area contributed by atoms with Crippen LogP contribution in [0.15, 0.2) is 0 Å². The summed E-state index contributed by atoms with van der Waals surface area (Å²) in [6, 6.07) is 0. The molecule has 1 saturated carbocycles. The molecule has 0 saturated heterocycles. The van der Waals surface area contributed by atoms with Crippen molar-refractivity contribution in [1.29, 1.82) is 0 Å². The lowest BCUT2D eigenvalue weighted by Gasteiger charge is -2.35. The molecular formula is C15H31N3O. The molecule has 0 radical (unpaired) electrons. The van der Waals surface area contributed by atoms with E-state index in [1.807, 2.05) is 19.0 Å². The van der Waals surface area contributed by atoms with Gasteiger partial charge in [0.1, 0.15) is 0 Å². The summed E-state index contributed by atoms with van der Waals surface area (Å²) in [6.07, 6.45) is 7.17. The van der Waals surface area contributed by atoms with Gasteiger partial charge in [-0.05, 0) is 33.4 Å². The molecule has 0 aromatic carbocycles. The number of carbonyl (C=O) groups is 1. The van der Waals surface area contributed by atoms with E-state index >= 15 is 0 Å². The molecule has 1 amide bonds. The van der Waals surface area contributed by atoms with Crippen LogP contribution in [0.25, 0.3) is 0 Å². The highest BCUT2D eigenvalue weighted by molar-refractivity contribution is 5.77. The van der Waals surface area contributed by atoms with Gasteiger partial charge in [-0.25, -0.2) is 0 Å². The van der Waals surface area contributed by atoms with Crippen LogP contribution in [0.5, 0.6) is 0 Å². The van der Waals surface area contributed by atoms with Crippen LogP contribution in [-0.4, -0.2) is 55.0 Å². The fourth-order valence-corrected chi connectivity index (χ4v) is 2.80. The summed E-state index contributed by atoms with van der Waals surface area (Å²) < 4.78 is 0. The monoisotopic (exact) mass is 269 g/mol. The number of hydrogen-bond donors (Lipinski definition) is 1. The second-order valence-corrected chi connectivity index (χ2v) is 6.28. The maximum Gasteiger partial charge on any atom is 0.224 e. The first-order chi connectivity index (χ1) is 8.97. The molecule has 0 atom stereocenters. The van der Waals surface area contributed by atoms with Crippen LogP contribution in [-0.2, 0) is 4.79 Å². The van der Waals surface area contributed by atoms with Crippen molar-refractivity contribution in [3.8, 4) is 0 Å². The Bertz CT molecular complexity index is 273. The molecule has 4 nitrogen and oxygen atoms in total. The Morgan fingerprint density at radius 3 is 2.26 bits per heavy atom. The molecule has 112 valence electrons. The quantitative estimate of drug-likeness (QED) is 0.767. The summed E-state index contributed by atoms with van der Waals surface area (Å²) >= 11 is 0. The first-order valence-corrected chi connectivity index (χ1v) is 7.68. The molecule has 0 spiro atoms. The Morgan fingerprint density at radius 2 is 1.74 bits per heavy atom. The zero-order valence-corrected chi connectivity index (χ0v) is 13.0. The summed E-state index contributed by atoms with van der Waals surface area (Å²) in [5, 5.41) is 0. The number of rotatable bonds is 7. The standard InChI is InChI=1S/C15H31N3O/c1-4-10-18(12-11-17(2)3)14(19)13-15(16)8-6-5-7-9-15/h4-13,16H2,1-3H3. The van der Waals surface area contributed by atoms with Crippen LogP contribution < -0.4 is 5.73 Å². The number of hydrogen-bond acceptors (Lipinski definition) is 3. The van der Waals surface area contributed by atoms with Gasteiger partial charge < -0.3 is 15.5 Å². The van der Waals surface area contributed by atoms with Crippen LogP contribution in [0.1, 0.15) is 51.9 Å². The third-order valence-electron chi connectivity index (χ3n) is 4.02. The van der Waals surface area contributed by atoms with E-state index in [0.29, 0.717) is 6.42 Å². The van der Waals surface area contributed by atoms with Gasteiger partial charge in [0.25, 0.3) is 0 Å². The van der Waals surface area contributed by atoms with Crippen molar-refractivity contribution in [2.24, 2.45) is 5.73 Å². The average Bonchev–Trinajstić information content (AvgIpc) is 2.34. The number of likely N-dealkylation sites (N-methyl/N-ethyl adjacent to an activating group) is 1. The van der Waals surface area contributed by atoms with Gasteiger partial charge in [-0.1, -0.05) is 26.2 Å². The lowest BCUT2D eigenvalue weighted by atomic mass is 9.80. The van der Waals surface area contributed by atoms with E-state index in [9.17, 15) is 4.79 Å². The minimum atomic E-state index is -0.237. The normalized spacial score (nSPS) is 18.6.